The van der Waals surface area contributed by atoms with Gasteiger partial charge in [-0.1, -0.05) is 13.8 Å². The summed E-state index contributed by atoms with van der Waals surface area (Å²) in [5, 5.41) is 12.0. The van der Waals surface area contributed by atoms with Crippen molar-refractivity contribution in [3.63, 3.8) is 0 Å². The highest BCUT2D eigenvalue weighted by Crippen LogP contribution is 2.23. The first-order chi connectivity index (χ1) is 9.88. The Labute approximate surface area is 123 Å². The van der Waals surface area contributed by atoms with E-state index >= 15 is 0 Å². The van der Waals surface area contributed by atoms with Crippen molar-refractivity contribution in [2.75, 3.05) is 13.2 Å². The number of nitrogens with one attached hydrogen (secondary N) is 1. The lowest BCUT2D eigenvalue weighted by Crippen LogP contribution is -2.30. The number of carbonyl (C=O) groups is 1. The van der Waals surface area contributed by atoms with Gasteiger partial charge < -0.3 is 15.2 Å². The van der Waals surface area contributed by atoms with Crippen LogP contribution in [0.4, 0.5) is 8.78 Å². The van der Waals surface area contributed by atoms with Crippen molar-refractivity contribution < 1.29 is 23.4 Å². The fraction of sp³-hybridized carbons (Fsp3) is 0.533. The van der Waals surface area contributed by atoms with Gasteiger partial charge in [0, 0.05) is 6.54 Å². The summed E-state index contributed by atoms with van der Waals surface area (Å²) in [4.78, 5) is 11.9. The van der Waals surface area contributed by atoms with E-state index in [0.29, 0.717) is 6.42 Å². The maximum atomic E-state index is 14.0. The van der Waals surface area contributed by atoms with Crippen molar-refractivity contribution in [3.8, 4) is 5.75 Å². The first-order valence-electron chi connectivity index (χ1n) is 6.95. The number of carbonyl (C=O) groups excluding carboxylic acids is 1. The number of hydrogen-bond donors (Lipinski definition) is 2. The van der Waals surface area contributed by atoms with Crippen LogP contribution in [0.25, 0.3) is 0 Å². The number of aliphatic hydroxyl groups is 1. The molecule has 0 fully saturated rings. The van der Waals surface area contributed by atoms with Gasteiger partial charge in [0.25, 0.3) is 5.91 Å². The molecule has 0 spiro atoms. The Bertz CT molecular complexity index is 492. The summed E-state index contributed by atoms with van der Waals surface area (Å²) in [5.41, 5.74) is -0.667. The third-order valence-electron chi connectivity index (χ3n) is 3.08. The van der Waals surface area contributed by atoms with Crippen LogP contribution in [0.2, 0.25) is 0 Å². The van der Waals surface area contributed by atoms with Crippen LogP contribution in [-0.2, 0) is 0 Å². The Hall–Kier alpha value is -1.69. The third kappa shape index (κ3) is 4.67. The Morgan fingerprint density at radius 2 is 2.05 bits per heavy atom. The SMILES string of the molecule is CCOc1ccc(F)c(C(=O)NCCC(O)C(C)C)c1F. The van der Waals surface area contributed by atoms with Crippen molar-refractivity contribution in [3.05, 3.63) is 29.3 Å². The quantitative estimate of drug-likeness (QED) is 0.813. The van der Waals surface area contributed by atoms with E-state index < -0.39 is 29.2 Å². The number of aliphatic hydroxyl groups excluding tert-OH is 1. The van der Waals surface area contributed by atoms with Crippen LogP contribution in [0.3, 0.4) is 0 Å². The van der Waals surface area contributed by atoms with Gasteiger partial charge in [-0.05, 0) is 31.4 Å². The lowest BCUT2D eigenvalue weighted by molar-refractivity contribution is 0.0911. The van der Waals surface area contributed by atoms with Crippen molar-refractivity contribution in [2.45, 2.75) is 33.3 Å². The Kier molecular flexibility index (Phi) is 6.55. The van der Waals surface area contributed by atoms with Crippen molar-refractivity contribution >= 4 is 5.91 Å². The molecule has 0 radical (unpaired) electrons. The molecule has 1 amide bonds. The number of hydrogen-bond acceptors (Lipinski definition) is 3. The van der Waals surface area contributed by atoms with E-state index in [0.717, 1.165) is 12.1 Å². The van der Waals surface area contributed by atoms with Gasteiger partial charge in [0.15, 0.2) is 11.6 Å². The van der Waals surface area contributed by atoms with Gasteiger partial charge in [0.05, 0.1) is 12.7 Å². The Balaban J connectivity index is 2.76. The molecule has 0 aliphatic rings. The minimum absolute atomic E-state index is 0.0525. The zero-order valence-electron chi connectivity index (χ0n) is 12.5. The minimum atomic E-state index is -1.02. The monoisotopic (exact) mass is 301 g/mol. The highest BCUT2D eigenvalue weighted by molar-refractivity contribution is 5.95. The van der Waals surface area contributed by atoms with E-state index in [2.05, 4.69) is 5.32 Å². The van der Waals surface area contributed by atoms with E-state index in [1.807, 2.05) is 13.8 Å². The van der Waals surface area contributed by atoms with Crippen LogP contribution < -0.4 is 10.1 Å². The summed E-state index contributed by atoms with van der Waals surface area (Å²) in [6.07, 6.45) is -0.257. The molecule has 1 aromatic carbocycles. The average Bonchev–Trinajstić information content (AvgIpc) is 2.42. The van der Waals surface area contributed by atoms with Crippen LogP contribution >= 0.6 is 0 Å². The highest BCUT2D eigenvalue weighted by atomic mass is 19.1. The molecule has 4 nitrogen and oxygen atoms in total. The first kappa shape index (κ1) is 17.4. The van der Waals surface area contributed by atoms with Crippen LogP contribution in [0.15, 0.2) is 12.1 Å². The van der Waals surface area contributed by atoms with E-state index in [4.69, 9.17) is 4.74 Å². The second-order valence-electron chi connectivity index (χ2n) is 5.02. The van der Waals surface area contributed by atoms with Crippen LogP contribution in [0.1, 0.15) is 37.6 Å². The summed E-state index contributed by atoms with van der Waals surface area (Å²) in [6, 6.07) is 2.14. The molecule has 1 unspecified atom stereocenters. The number of ether oxygens (including phenoxy) is 1. The predicted octanol–water partition coefficient (Wildman–Crippen LogP) is 2.50. The smallest absolute Gasteiger partial charge is 0.257 e. The topological polar surface area (TPSA) is 58.6 Å². The minimum Gasteiger partial charge on any atom is -0.491 e. The molecule has 0 heterocycles. The molecule has 0 saturated heterocycles. The highest BCUT2D eigenvalue weighted by Gasteiger charge is 2.21. The number of benzene rings is 1. The number of amides is 1. The molecule has 0 aromatic heterocycles. The fourth-order valence-electron chi connectivity index (χ4n) is 1.76. The van der Waals surface area contributed by atoms with Gasteiger partial charge in [-0.3, -0.25) is 4.79 Å². The average molecular weight is 301 g/mol. The molecule has 118 valence electrons. The molecule has 1 rings (SSSR count). The first-order valence-corrected chi connectivity index (χ1v) is 6.95. The van der Waals surface area contributed by atoms with E-state index in [1.165, 1.54) is 0 Å². The van der Waals surface area contributed by atoms with Crippen LogP contribution in [0, 0.1) is 17.6 Å². The van der Waals surface area contributed by atoms with Gasteiger partial charge in [0.1, 0.15) is 11.4 Å². The molecule has 6 heteroatoms. The lowest BCUT2D eigenvalue weighted by Gasteiger charge is -2.15. The Morgan fingerprint density at radius 3 is 2.62 bits per heavy atom. The standard InChI is InChI=1S/C15H21F2NO3/c1-4-21-12-6-5-10(16)13(14(12)17)15(20)18-8-7-11(19)9(2)3/h5-6,9,11,19H,4,7-8H2,1-3H3,(H,18,20). The Morgan fingerprint density at radius 1 is 1.38 bits per heavy atom. The van der Waals surface area contributed by atoms with Gasteiger partial charge in [-0.15, -0.1) is 0 Å². The second-order valence-corrected chi connectivity index (χ2v) is 5.02. The molecule has 0 aliphatic heterocycles. The van der Waals surface area contributed by atoms with E-state index in [9.17, 15) is 18.7 Å². The van der Waals surface area contributed by atoms with Gasteiger partial charge in [-0.25, -0.2) is 8.78 Å². The largest absolute Gasteiger partial charge is 0.491 e. The molecular weight excluding hydrogens is 280 g/mol. The van der Waals surface area contributed by atoms with Gasteiger partial charge in [-0.2, -0.15) is 0 Å². The lowest BCUT2D eigenvalue weighted by atomic mass is 10.0. The number of rotatable bonds is 7. The summed E-state index contributed by atoms with van der Waals surface area (Å²) in [5.74, 6) is -2.93. The third-order valence-corrected chi connectivity index (χ3v) is 3.08. The maximum absolute atomic E-state index is 14.0. The summed E-state index contributed by atoms with van der Waals surface area (Å²) in [7, 11) is 0. The van der Waals surface area contributed by atoms with E-state index in [-0.39, 0.29) is 24.8 Å². The van der Waals surface area contributed by atoms with E-state index in [1.54, 1.807) is 6.92 Å². The molecule has 1 aromatic rings. The summed E-state index contributed by atoms with van der Waals surface area (Å²) >= 11 is 0. The maximum Gasteiger partial charge on any atom is 0.257 e. The predicted molar refractivity (Wildman–Crippen MR) is 75.3 cm³/mol. The summed E-state index contributed by atoms with van der Waals surface area (Å²) in [6.45, 7) is 5.70. The molecule has 1 atom stereocenters. The number of halogens is 2. The molecule has 2 N–H and O–H groups in total. The van der Waals surface area contributed by atoms with Crippen LogP contribution in [-0.4, -0.2) is 30.3 Å². The molecular formula is C15H21F2NO3. The zero-order chi connectivity index (χ0) is 16.0. The molecule has 0 aliphatic carbocycles. The molecule has 0 saturated carbocycles. The van der Waals surface area contributed by atoms with Crippen molar-refractivity contribution in [1.82, 2.24) is 5.32 Å². The van der Waals surface area contributed by atoms with Crippen molar-refractivity contribution in [2.24, 2.45) is 5.92 Å². The zero-order valence-corrected chi connectivity index (χ0v) is 12.5. The summed E-state index contributed by atoms with van der Waals surface area (Å²) < 4.78 is 32.6. The van der Waals surface area contributed by atoms with Gasteiger partial charge >= 0.3 is 0 Å². The van der Waals surface area contributed by atoms with Gasteiger partial charge in [0.2, 0.25) is 0 Å². The second kappa shape index (κ2) is 7.93. The van der Waals surface area contributed by atoms with Crippen molar-refractivity contribution in [1.29, 1.82) is 0 Å². The molecule has 21 heavy (non-hydrogen) atoms. The molecule has 0 bridgehead atoms. The normalized spacial score (nSPS) is 12.3. The van der Waals surface area contributed by atoms with Crippen LogP contribution in [0.5, 0.6) is 5.75 Å². The fourth-order valence-corrected chi connectivity index (χ4v) is 1.76.